The van der Waals surface area contributed by atoms with Gasteiger partial charge in [-0.25, -0.2) is 4.79 Å². The average Bonchev–Trinajstić information content (AvgIpc) is 2.26. The van der Waals surface area contributed by atoms with Crippen LogP contribution in [0.5, 0.6) is 11.5 Å². The molecule has 0 saturated heterocycles. The molecule has 0 aromatic heterocycles. The number of hydrogen-bond donors (Lipinski definition) is 1. The van der Waals surface area contributed by atoms with E-state index in [1.54, 1.807) is 0 Å². The molecule has 1 rings (SSSR count). The number of phenolic OH excluding ortho intramolecular Hbond substituents is 1. The average molecular weight is 210 g/mol. The molecule has 0 bridgehead atoms. The Balaban J connectivity index is 3.06. The molecule has 0 aliphatic rings. The zero-order valence-corrected chi connectivity index (χ0v) is 8.31. The zero-order chi connectivity index (χ0) is 11.4. The SMILES string of the molecule is COC(=O)C(=O)c1ccc(OC)cc1O. The van der Waals surface area contributed by atoms with Crippen LogP contribution in [0.4, 0.5) is 0 Å². The molecule has 5 heteroatoms. The van der Waals surface area contributed by atoms with Crippen LogP contribution in [0.15, 0.2) is 18.2 Å². The fourth-order valence-electron chi connectivity index (χ4n) is 1.03. The van der Waals surface area contributed by atoms with Gasteiger partial charge in [0, 0.05) is 6.07 Å². The van der Waals surface area contributed by atoms with Gasteiger partial charge in [0.1, 0.15) is 11.5 Å². The van der Waals surface area contributed by atoms with E-state index in [1.807, 2.05) is 0 Å². The number of methoxy groups -OCH3 is 2. The van der Waals surface area contributed by atoms with Crippen molar-refractivity contribution in [3.05, 3.63) is 23.8 Å². The molecular formula is C10H10O5. The van der Waals surface area contributed by atoms with Gasteiger partial charge in [-0.05, 0) is 12.1 Å². The number of benzene rings is 1. The van der Waals surface area contributed by atoms with E-state index in [1.165, 1.54) is 25.3 Å². The van der Waals surface area contributed by atoms with Gasteiger partial charge in [-0.1, -0.05) is 0 Å². The highest BCUT2D eigenvalue weighted by Gasteiger charge is 2.20. The molecule has 5 nitrogen and oxygen atoms in total. The Morgan fingerprint density at radius 2 is 1.93 bits per heavy atom. The second kappa shape index (κ2) is 4.45. The van der Waals surface area contributed by atoms with Crippen molar-refractivity contribution in [1.82, 2.24) is 0 Å². The first-order chi connectivity index (χ1) is 7.10. The maximum absolute atomic E-state index is 11.3. The lowest BCUT2D eigenvalue weighted by Gasteiger charge is -2.04. The van der Waals surface area contributed by atoms with E-state index in [0.29, 0.717) is 5.75 Å². The second-order valence-electron chi connectivity index (χ2n) is 2.70. The highest BCUT2D eigenvalue weighted by Crippen LogP contribution is 2.23. The summed E-state index contributed by atoms with van der Waals surface area (Å²) in [6.07, 6.45) is 0. The lowest BCUT2D eigenvalue weighted by atomic mass is 10.1. The molecule has 0 fully saturated rings. The molecule has 0 aliphatic heterocycles. The number of ether oxygens (including phenoxy) is 2. The summed E-state index contributed by atoms with van der Waals surface area (Å²) in [6, 6.07) is 4.01. The number of carbonyl (C=O) groups excluding carboxylic acids is 2. The largest absolute Gasteiger partial charge is 0.507 e. The summed E-state index contributed by atoms with van der Waals surface area (Å²) in [5, 5.41) is 9.43. The fourth-order valence-corrected chi connectivity index (χ4v) is 1.03. The second-order valence-corrected chi connectivity index (χ2v) is 2.70. The summed E-state index contributed by atoms with van der Waals surface area (Å²) in [5.41, 5.74) is -0.109. The minimum Gasteiger partial charge on any atom is -0.507 e. The Morgan fingerprint density at radius 1 is 1.27 bits per heavy atom. The van der Waals surface area contributed by atoms with E-state index in [2.05, 4.69) is 4.74 Å². The number of carbonyl (C=O) groups is 2. The lowest BCUT2D eigenvalue weighted by molar-refractivity contribution is -0.135. The molecule has 0 heterocycles. The first-order valence-electron chi connectivity index (χ1n) is 4.09. The Morgan fingerprint density at radius 3 is 2.40 bits per heavy atom. The maximum Gasteiger partial charge on any atom is 0.379 e. The van der Waals surface area contributed by atoms with Gasteiger partial charge in [0.05, 0.1) is 19.8 Å². The van der Waals surface area contributed by atoms with Crippen molar-refractivity contribution in [3.8, 4) is 11.5 Å². The summed E-state index contributed by atoms with van der Waals surface area (Å²) >= 11 is 0. The van der Waals surface area contributed by atoms with Crippen LogP contribution in [0.1, 0.15) is 10.4 Å². The summed E-state index contributed by atoms with van der Waals surface area (Å²) in [5.74, 6) is -1.83. The molecule has 1 N–H and O–H groups in total. The number of rotatable bonds is 3. The van der Waals surface area contributed by atoms with Crippen LogP contribution >= 0.6 is 0 Å². The normalized spacial score (nSPS) is 9.47. The van der Waals surface area contributed by atoms with Gasteiger partial charge in [0.25, 0.3) is 5.78 Å². The van der Waals surface area contributed by atoms with Crippen LogP contribution in [-0.4, -0.2) is 31.1 Å². The summed E-state index contributed by atoms with van der Waals surface area (Å²) in [4.78, 5) is 22.2. The lowest BCUT2D eigenvalue weighted by Crippen LogP contribution is -2.15. The number of aromatic hydroxyl groups is 1. The van der Waals surface area contributed by atoms with Gasteiger partial charge in [-0.2, -0.15) is 0 Å². The molecule has 0 spiro atoms. The Hall–Kier alpha value is -2.04. The predicted octanol–water partition coefficient (Wildman–Crippen LogP) is 0.756. The van der Waals surface area contributed by atoms with Crippen LogP contribution in [-0.2, 0) is 9.53 Å². The Bertz CT molecular complexity index is 397. The van der Waals surface area contributed by atoms with Crippen molar-refractivity contribution in [2.24, 2.45) is 0 Å². The quantitative estimate of drug-likeness (QED) is 0.453. The first-order valence-corrected chi connectivity index (χ1v) is 4.09. The minimum absolute atomic E-state index is 0.109. The minimum atomic E-state index is -1.02. The standard InChI is InChI=1S/C10H10O5/c1-14-6-3-4-7(8(11)5-6)9(12)10(13)15-2/h3-5,11H,1-2H3. The van der Waals surface area contributed by atoms with E-state index in [9.17, 15) is 14.7 Å². The van der Waals surface area contributed by atoms with Crippen molar-refractivity contribution < 1.29 is 24.2 Å². The van der Waals surface area contributed by atoms with Crippen molar-refractivity contribution in [2.75, 3.05) is 14.2 Å². The van der Waals surface area contributed by atoms with E-state index < -0.39 is 11.8 Å². The molecule has 0 atom stereocenters. The van der Waals surface area contributed by atoms with Crippen LogP contribution < -0.4 is 4.74 Å². The van der Waals surface area contributed by atoms with Crippen LogP contribution in [0.2, 0.25) is 0 Å². The van der Waals surface area contributed by atoms with E-state index in [0.717, 1.165) is 7.11 Å². The van der Waals surface area contributed by atoms with Gasteiger partial charge in [-0.15, -0.1) is 0 Å². The smallest absolute Gasteiger partial charge is 0.379 e. The van der Waals surface area contributed by atoms with Crippen molar-refractivity contribution in [2.45, 2.75) is 0 Å². The van der Waals surface area contributed by atoms with E-state index in [4.69, 9.17) is 4.74 Å². The van der Waals surface area contributed by atoms with Crippen molar-refractivity contribution >= 4 is 11.8 Å². The Labute approximate surface area is 86.2 Å². The summed E-state index contributed by atoms with van der Waals surface area (Å²) in [6.45, 7) is 0. The highest BCUT2D eigenvalue weighted by atomic mass is 16.5. The Kier molecular flexibility index (Phi) is 3.28. The third-order valence-electron chi connectivity index (χ3n) is 1.82. The predicted molar refractivity (Wildman–Crippen MR) is 51.0 cm³/mol. The first kappa shape index (κ1) is 11.0. The molecule has 0 radical (unpaired) electrons. The topological polar surface area (TPSA) is 72.8 Å². The van der Waals surface area contributed by atoms with Crippen LogP contribution in [0, 0.1) is 0 Å². The maximum atomic E-state index is 11.3. The number of Topliss-reactive ketones (excluding diaryl/α,β-unsaturated/α-hetero) is 1. The summed E-state index contributed by atoms with van der Waals surface area (Å²) in [7, 11) is 2.53. The molecule has 15 heavy (non-hydrogen) atoms. The van der Waals surface area contributed by atoms with E-state index in [-0.39, 0.29) is 11.3 Å². The van der Waals surface area contributed by atoms with Crippen molar-refractivity contribution in [1.29, 1.82) is 0 Å². The van der Waals surface area contributed by atoms with Gasteiger partial charge in [0.2, 0.25) is 0 Å². The number of hydrogen-bond acceptors (Lipinski definition) is 5. The van der Waals surface area contributed by atoms with Gasteiger partial charge >= 0.3 is 5.97 Å². The number of ketones is 1. The number of esters is 1. The third kappa shape index (κ3) is 2.25. The molecule has 0 amide bonds. The fraction of sp³-hybridized carbons (Fsp3) is 0.200. The number of phenols is 1. The van der Waals surface area contributed by atoms with Gasteiger partial charge in [0.15, 0.2) is 0 Å². The molecule has 1 aromatic carbocycles. The zero-order valence-electron chi connectivity index (χ0n) is 8.31. The van der Waals surface area contributed by atoms with Gasteiger partial charge < -0.3 is 14.6 Å². The van der Waals surface area contributed by atoms with E-state index >= 15 is 0 Å². The summed E-state index contributed by atoms with van der Waals surface area (Å²) < 4.78 is 9.08. The molecule has 0 saturated carbocycles. The van der Waals surface area contributed by atoms with Gasteiger partial charge in [-0.3, -0.25) is 4.79 Å². The molecule has 1 aromatic rings. The molecule has 0 unspecified atom stereocenters. The van der Waals surface area contributed by atoms with Crippen molar-refractivity contribution in [3.63, 3.8) is 0 Å². The third-order valence-corrected chi connectivity index (χ3v) is 1.82. The monoisotopic (exact) mass is 210 g/mol. The van der Waals surface area contributed by atoms with Crippen LogP contribution in [0.25, 0.3) is 0 Å². The van der Waals surface area contributed by atoms with Crippen LogP contribution in [0.3, 0.4) is 0 Å². The molecular weight excluding hydrogens is 200 g/mol. The highest BCUT2D eigenvalue weighted by molar-refractivity contribution is 6.41. The molecule has 80 valence electrons. The molecule has 0 aliphatic carbocycles.